The van der Waals surface area contributed by atoms with Crippen molar-refractivity contribution in [2.45, 2.75) is 0 Å². The van der Waals surface area contributed by atoms with E-state index in [4.69, 9.17) is 14.2 Å². The molecule has 1 aliphatic heterocycles. The van der Waals surface area contributed by atoms with Crippen LogP contribution in [0.5, 0.6) is 11.5 Å². The minimum absolute atomic E-state index is 0.112. The van der Waals surface area contributed by atoms with Gasteiger partial charge in [0.15, 0.2) is 17.2 Å². The Morgan fingerprint density at radius 2 is 2.00 bits per heavy atom. The Labute approximate surface area is 150 Å². The van der Waals surface area contributed by atoms with E-state index in [1.807, 2.05) is 0 Å². The zero-order chi connectivity index (χ0) is 18.5. The first-order valence-corrected chi connectivity index (χ1v) is 7.81. The molecule has 26 heavy (non-hydrogen) atoms. The van der Waals surface area contributed by atoms with Crippen LogP contribution >= 0.6 is 0 Å². The van der Waals surface area contributed by atoms with Crippen LogP contribution in [0.25, 0.3) is 6.08 Å². The van der Waals surface area contributed by atoms with E-state index >= 15 is 0 Å². The molecular weight excluding hydrogens is 337 g/mol. The number of halogens is 1. The van der Waals surface area contributed by atoms with Gasteiger partial charge in [-0.05, 0) is 36.4 Å². The third-order valence-electron chi connectivity index (χ3n) is 3.58. The molecule has 0 spiro atoms. The molecule has 0 atom stereocenters. The van der Waals surface area contributed by atoms with Crippen LogP contribution in [0.3, 0.4) is 0 Å². The molecule has 0 aromatic heterocycles. The monoisotopic (exact) mass is 353 g/mol. The van der Waals surface area contributed by atoms with Gasteiger partial charge >= 0.3 is 5.97 Å². The molecule has 5 nitrogen and oxygen atoms in total. The number of nitrogens with zero attached hydrogens (tertiary/aromatic N) is 1. The maximum atomic E-state index is 13.0. The number of para-hydroxylation sites is 1. The van der Waals surface area contributed by atoms with Gasteiger partial charge in [0.1, 0.15) is 12.4 Å². The third kappa shape index (κ3) is 3.64. The highest BCUT2D eigenvalue weighted by Crippen LogP contribution is 2.33. The van der Waals surface area contributed by atoms with Crippen LogP contribution in [0.1, 0.15) is 11.1 Å². The third-order valence-corrected chi connectivity index (χ3v) is 3.58. The Kier molecular flexibility index (Phi) is 5.12. The van der Waals surface area contributed by atoms with E-state index in [2.05, 4.69) is 11.6 Å². The molecule has 0 unspecified atom stereocenters. The summed E-state index contributed by atoms with van der Waals surface area (Å²) in [6.07, 6.45) is 3.16. The van der Waals surface area contributed by atoms with Crippen molar-refractivity contribution in [3.63, 3.8) is 0 Å². The summed E-state index contributed by atoms with van der Waals surface area (Å²) >= 11 is 0. The van der Waals surface area contributed by atoms with Gasteiger partial charge in [-0.3, -0.25) is 0 Å². The molecule has 0 saturated carbocycles. The molecule has 6 heteroatoms. The summed E-state index contributed by atoms with van der Waals surface area (Å²) in [5, 5.41) is 0. The van der Waals surface area contributed by atoms with Crippen LogP contribution in [0.2, 0.25) is 0 Å². The summed E-state index contributed by atoms with van der Waals surface area (Å²) in [5.41, 5.74) is 1.24. The van der Waals surface area contributed by atoms with E-state index in [0.717, 1.165) is 0 Å². The van der Waals surface area contributed by atoms with Gasteiger partial charge < -0.3 is 14.2 Å². The van der Waals surface area contributed by atoms with Crippen molar-refractivity contribution >= 4 is 17.9 Å². The molecule has 0 N–H and O–H groups in total. The van der Waals surface area contributed by atoms with E-state index in [9.17, 15) is 9.18 Å². The number of benzene rings is 2. The molecule has 0 saturated heterocycles. The van der Waals surface area contributed by atoms with E-state index in [0.29, 0.717) is 22.6 Å². The summed E-state index contributed by atoms with van der Waals surface area (Å²) in [6.45, 7) is 3.90. The molecule has 0 aliphatic carbocycles. The average Bonchev–Trinajstić information content (AvgIpc) is 3.01. The minimum atomic E-state index is -0.596. The predicted octanol–water partition coefficient (Wildman–Crippen LogP) is 3.74. The molecular formula is C20H16FNO4. The summed E-state index contributed by atoms with van der Waals surface area (Å²) in [4.78, 5) is 16.3. The van der Waals surface area contributed by atoms with Gasteiger partial charge in [-0.25, -0.2) is 14.2 Å². The number of rotatable bonds is 6. The predicted molar refractivity (Wildman–Crippen MR) is 95.7 cm³/mol. The van der Waals surface area contributed by atoms with Crippen LogP contribution in [-0.2, 0) is 9.53 Å². The second-order valence-electron chi connectivity index (χ2n) is 5.32. The molecule has 2 aromatic rings. The van der Waals surface area contributed by atoms with Crippen molar-refractivity contribution in [1.29, 1.82) is 0 Å². The molecule has 1 aliphatic rings. The Morgan fingerprint density at radius 1 is 1.23 bits per heavy atom. The Bertz CT molecular complexity index is 901. The van der Waals surface area contributed by atoms with Crippen LogP contribution < -0.4 is 9.47 Å². The molecule has 1 heterocycles. The number of carbonyl (C=O) groups excluding carboxylic acids is 1. The van der Waals surface area contributed by atoms with Crippen molar-refractivity contribution in [3.05, 3.63) is 77.8 Å². The van der Waals surface area contributed by atoms with Crippen LogP contribution in [0.4, 0.5) is 4.39 Å². The highest BCUT2D eigenvalue weighted by atomic mass is 19.1. The summed E-state index contributed by atoms with van der Waals surface area (Å²) in [5.74, 6) is 0.144. The molecule has 3 rings (SSSR count). The SMILES string of the molecule is C=CCOc1c(/C=C2\N=C(c3ccc(F)cc3)OC2=O)cccc1OC. The van der Waals surface area contributed by atoms with Gasteiger partial charge in [-0.15, -0.1) is 0 Å². The van der Waals surface area contributed by atoms with Crippen molar-refractivity contribution in [3.8, 4) is 11.5 Å². The van der Waals surface area contributed by atoms with Crippen molar-refractivity contribution in [1.82, 2.24) is 0 Å². The number of aliphatic imine (C=N–C) groups is 1. The first kappa shape index (κ1) is 17.4. The fourth-order valence-corrected chi connectivity index (χ4v) is 2.38. The smallest absolute Gasteiger partial charge is 0.363 e. The van der Waals surface area contributed by atoms with Crippen LogP contribution in [0, 0.1) is 5.82 Å². The maximum absolute atomic E-state index is 13.0. The second kappa shape index (κ2) is 7.65. The second-order valence-corrected chi connectivity index (χ2v) is 5.32. The van der Waals surface area contributed by atoms with Gasteiger partial charge in [-0.1, -0.05) is 24.8 Å². The van der Waals surface area contributed by atoms with Gasteiger partial charge in [0, 0.05) is 11.1 Å². The van der Waals surface area contributed by atoms with E-state index in [1.54, 1.807) is 30.4 Å². The molecule has 0 radical (unpaired) electrons. The van der Waals surface area contributed by atoms with Gasteiger partial charge in [0.25, 0.3) is 0 Å². The summed E-state index contributed by atoms with van der Waals surface area (Å²) in [6, 6.07) is 10.8. The van der Waals surface area contributed by atoms with Crippen molar-refractivity contribution in [2.75, 3.05) is 13.7 Å². The highest BCUT2D eigenvalue weighted by molar-refractivity contribution is 6.13. The number of hydrogen-bond donors (Lipinski definition) is 0. The number of cyclic esters (lactones) is 1. The number of esters is 1. The molecule has 2 aromatic carbocycles. The minimum Gasteiger partial charge on any atom is -0.493 e. The van der Waals surface area contributed by atoms with Crippen LogP contribution in [-0.4, -0.2) is 25.6 Å². The van der Waals surface area contributed by atoms with E-state index in [1.165, 1.54) is 31.4 Å². The fourth-order valence-electron chi connectivity index (χ4n) is 2.38. The van der Waals surface area contributed by atoms with Crippen LogP contribution in [0.15, 0.2) is 65.8 Å². The zero-order valence-corrected chi connectivity index (χ0v) is 14.1. The number of ether oxygens (including phenoxy) is 3. The molecule has 0 amide bonds. The topological polar surface area (TPSA) is 57.1 Å². The van der Waals surface area contributed by atoms with E-state index < -0.39 is 5.97 Å². The standard InChI is InChI=1S/C20H16FNO4/c1-3-11-25-18-14(5-4-6-17(18)24-2)12-16-20(23)26-19(22-16)13-7-9-15(21)10-8-13/h3-10,12H,1,11H2,2H3/b16-12-. The first-order valence-electron chi connectivity index (χ1n) is 7.81. The zero-order valence-electron chi connectivity index (χ0n) is 14.1. The van der Waals surface area contributed by atoms with Gasteiger partial charge in [-0.2, -0.15) is 0 Å². The Hall–Kier alpha value is -3.41. The largest absolute Gasteiger partial charge is 0.493 e. The number of carbonyl (C=O) groups is 1. The fraction of sp³-hybridized carbons (Fsp3) is 0.100. The Morgan fingerprint density at radius 3 is 2.69 bits per heavy atom. The van der Waals surface area contributed by atoms with E-state index in [-0.39, 0.29) is 24.0 Å². The number of methoxy groups -OCH3 is 1. The highest BCUT2D eigenvalue weighted by Gasteiger charge is 2.25. The Balaban J connectivity index is 1.97. The molecule has 132 valence electrons. The van der Waals surface area contributed by atoms with Crippen molar-refractivity contribution in [2.24, 2.45) is 4.99 Å². The van der Waals surface area contributed by atoms with Crippen molar-refractivity contribution < 1.29 is 23.4 Å². The number of hydrogen-bond acceptors (Lipinski definition) is 5. The molecule has 0 bridgehead atoms. The maximum Gasteiger partial charge on any atom is 0.363 e. The lowest BCUT2D eigenvalue weighted by Crippen LogP contribution is -2.05. The van der Waals surface area contributed by atoms with Gasteiger partial charge in [0.05, 0.1) is 7.11 Å². The average molecular weight is 353 g/mol. The first-order chi connectivity index (χ1) is 12.6. The summed E-state index contributed by atoms with van der Waals surface area (Å²) < 4.78 is 29.2. The normalized spacial score (nSPS) is 14.8. The lowest BCUT2D eigenvalue weighted by molar-refractivity contribution is -0.129. The quantitative estimate of drug-likeness (QED) is 0.451. The summed E-state index contributed by atoms with van der Waals surface area (Å²) in [7, 11) is 1.53. The molecule has 0 fully saturated rings. The lowest BCUT2D eigenvalue weighted by Gasteiger charge is -2.12. The lowest BCUT2D eigenvalue weighted by atomic mass is 10.1. The van der Waals surface area contributed by atoms with Gasteiger partial charge in [0.2, 0.25) is 5.90 Å².